The maximum absolute atomic E-state index is 12.9. The zero-order valence-electron chi connectivity index (χ0n) is 14.4. The zero-order valence-corrected chi connectivity index (χ0v) is 14.4. The molecule has 1 atom stereocenters. The van der Waals surface area contributed by atoms with Crippen molar-refractivity contribution in [1.82, 2.24) is 0 Å². The number of carbonyl (C=O) groups excluding carboxylic acids is 1. The molecule has 0 saturated carbocycles. The number of carbonyl (C=O) groups is 1. The molecule has 2 aromatic carbocycles. The molecule has 0 radical (unpaired) electrons. The van der Waals surface area contributed by atoms with Crippen LogP contribution in [0, 0.1) is 5.92 Å². The van der Waals surface area contributed by atoms with Crippen LogP contribution in [0.5, 0.6) is 11.5 Å². The maximum atomic E-state index is 12.9. The molecular weight excluding hydrogens is 302 g/mol. The van der Waals surface area contributed by atoms with E-state index in [2.05, 4.69) is 13.8 Å². The van der Waals surface area contributed by atoms with Gasteiger partial charge in [0.05, 0.1) is 18.8 Å². The Morgan fingerprint density at radius 3 is 2.62 bits per heavy atom. The van der Waals surface area contributed by atoms with Gasteiger partial charge in [-0.3, -0.25) is 4.79 Å². The van der Waals surface area contributed by atoms with Crippen LogP contribution in [0.1, 0.15) is 31.1 Å². The van der Waals surface area contributed by atoms with Crippen molar-refractivity contribution in [3.05, 3.63) is 54.1 Å². The molecule has 126 valence electrons. The number of hydrogen-bond acceptors (Lipinski definition) is 3. The van der Waals surface area contributed by atoms with Crippen molar-refractivity contribution < 1.29 is 14.3 Å². The summed E-state index contributed by atoms with van der Waals surface area (Å²) in [5.41, 5.74) is 1.47. The first-order chi connectivity index (χ1) is 11.5. The molecule has 4 nitrogen and oxygen atoms in total. The fourth-order valence-electron chi connectivity index (χ4n) is 2.69. The number of fused-ring (bicyclic) bond motifs is 1. The maximum Gasteiger partial charge on any atom is 0.258 e. The minimum atomic E-state index is -0.0301. The first kappa shape index (κ1) is 16.4. The Morgan fingerprint density at radius 2 is 1.92 bits per heavy atom. The summed E-state index contributed by atoms with van der Waals surface area (Å²) in [6, 6.07) is 15.0. The monoisotopic (exact) mass is 325 g/mol. The molecule has 0 spiro atoms. The highest BCUT2D eigenvalue weighted by Crippen LogP contribution is 2.34. The van der Waals surface area contributed by atoms with Crippen LogP contribution < -0.4 is 14.4 Å². The van der Waals surface area contributed by atoms with Gasteiger partial charge in [0, 0.05) is 5.56 Å². The van der Waals surface area contributed by atoms with E-state index in [1.807, 2.05) is 55.5 Å². The van der Waals surface area contributed by atoms with Gasteiger partial charge in [-0.05, 0) is 49.2 Å². The predicted molar refractivity (Wildman–Crippen MR) is 95.0 cm³/mol. The van der Waals surface area contributed by atoms with Gasteiger partial charge in [-0.25, -0.2) is 0 Å². The van der Waals surface area contributed by atoms with Crippen molar-refractivity contribution in [1.29, 1.82) is 0 Å². The second-order valence-corrected chi connectivity index (χ2v) is 6.54. The third-order valence-corrected chi connectivity index (χ3v) is 3.85. The molecule has 2 aromatic rings. The van der Waals surface area contributed by atoms with Crippen molar-refractivity contribution in [3.63, 3.8) is 0 Å². The topological polar surface area (TPSA) is 38.8 Å². The quantitative estimate of drug-likeness (QED) is 0.847. The Morgan fingerprint density at radius 1 is 1.21 bits per heavy atom. The fourth-order valence-corrected chi connectivity index (χ4v) is 2.69. The van der Waals surface area contributed by atoms with Gasteiger partial charge in [-0.15, -0.1) is 0 Å². The lowest BCUT2D eigenvalue weighted by molar-refractivity contribution is 0.0961. The molecule has 0 aliphatic carbocycles. The van der Waals surface area contributed by atoms with Crippen LogP contribution in [0.25, 0.3) is 0 Å². The van der Waals surface area contributed by atoms with Crippen LogP contribution in [-0.4, -0.2) is 25.2 Å². The number of anilines is 1. The average molecular weight is 325 g/mol. The van der Waals surface area contributed by atoms with Gasteiger partial charge in [0.2, 0.25) is 0 Å². The minimum absolute atomic E-state index is 0.0204. The molecule has 4 heteroatoms. The van der Waals surface area contributed by atoms with E-state index in [4.69, 9.17) is 9.47 Å². The van der Waals surface area contributed by atoms with Crippen LogP contribution >= 0.6 is 0 Å². The summed E-state index contributed by atoms with van der Waals surface area (Å²) in [7, 11) is 0. The molecule has 1 heterocycles. The Hall–Kier alpha value is -2.49. The van der Waals surface area contributed by atoms with Gasteiger partial charge < -0.3 is 14.4 Å². The molecule has 3 rings (SSSR count). The molecule has 0 fully saturated rings. The third kappa shape index (κ3) is 3.53. The van der Waals surface area contributed by atoms with Crippen LogP contribution in [0.4, 0.5) is 5.69 Å². The number of para-hydroxylation sites is 2. The van der Waals surface area contributed by atoms with E-state index in [-0.39, 0.29) is 12.0 Å². The molecule has 0 saturated heterocycles. The second kappa shape index (κ2) is 6.95. The standard InChI is InChI=1S/C20H23NO3/c1-14(2)13-23-17-10-8-16(9-11-17)20(22)21-12-15(3)24-19-7-5-4-6-18(19)21/h4-11,14-15H,12-13H2,1-3H3/t15-/m1/s1. The Bertz CT molecular complexity index is 709. The average Bonchev–Trinajstić information content (AvgIpc) is 2.59. The van der Waals surface area contributed by atoms with Crippen molar-refractivity contribution in [2.45, 2.75) is 26.9 Å². The summed E-state index contributed by atoms with van der Waals surface area (Å²) >= 11 is 0. The zero-order chi connectivity index (χ0) is 17.1. The normalized spacial score (nSPS) is 16.5. The number of rotatable bonds is 4. The number of amides is 1. The lowest BCUT2D eigenvalue weighted by atomic mass is 10.1. The smallest absolute Gasteiger partial charge is 0.258 e. The SMILES string of the molecule is CC(C)COc1ccc(C(=O)N2C[C@@H](C)Oc3ccccc32)cc1. The Kier molecular flexibility index (Phi) is 4.74. The fraction of sp³-hybridized carbons (Fsp3) is 0.350. The van der Waals surface area contributed by atoms with Crippen molar-refractivity contribution in [3.8, 4) is 11.5 Å². The second-order valence-electron chi connectivity index (χ2n) is 6.54. The highest BCUT2D eigenvalue weighted by Gasteiger charge is 2.27. The van der Waals surface area contributed by atoms with Gasteiger partial charge in [0.1, 0.15) is 17.6 Å². The number of nitrogens with zero attached hydrogens (tertiary/aromatic N) is 1. The van der Waals surface area contributed by atoms with E-state index >= 15 is 0 Å². The Balaban J connectivity index is 1.79. The first-order valence-electron chi connectivity index (χ1n) is 8.35. The molecule has 0 N–H and O–H groups in total. The van der Waals surface area contributed by atoms with Gasteiger partial charge in [-0.1, -0.05) is 26.0 Å². The first-order valence-corrected chi connectivity index (χ1v) is 8.35. The molecular formula is C20H23NO3. The lowest BCUT2D eigenvalue weighted by Crippen LogP contribution is -2.42. The van der Waals surface area contributed by atoms with E-state index in [0.717, 1.165) is 17.2 Å². The third-order valence-electron chi connectivity index (χ3n) is 3.85. The minimum Gasteiger partial charge on any atom is -0.493 e. The van der Waals surface area contributed by atoms with E-state index in [1.165, 1.54) is 0 Å². The van der Waals surface area contributed by atoms with Crippen molar-refractivity contribution in [2.75, 3.05) is 18.1 Å². The lowest BCUT2D eigenvalue weighted by Gasteiger charge is -2.33. The summed E-state index contributed by atoms with van der Waals surface area (Å²) in [4.78, 5) is 14.7. The molecule has 1 amide bonds. The highest BCUT2D eigenvalue weighted by atomic mass is 16.5. The van der Waals surface area contributed by atoms with Gasteiger partial charge in [-0.2, -0.15) is 0 Å². The summed E-state index contributed by atoms with van der Waals surface area (Å²) in [6.07, 6.45) is -0.0301. The van der Waals surface area contributed by atoms with E-state index in [9.17, 15) is 4.79 Å². The summed E-state index contributed by atoms with van der Waals surface area (Å²) in [6.45, 7) is 7.39. The van der Waals surface area contributed by atoms with Crippen LogP contribution in [0.3, 0.4) is 0 Å². The van der Waals surface area contributed by atoms with Gasteiger partial charge in [0.15, 0.2) is 0 Å². The highest BCUT2D eigenvalue weighted by molar-refractivity contribution is 6.07. The summed E-state index contributed by atoms with van der Waals surface area (Å²) in [5, 5.41) is 0. The Labute approximate surface area is 143 Å². The number of hydrogen-bond donors (Lipinski definition) is 0. The molecule has 0 unspecified atom stereocenters. The molecule has 0 bridgehead atoms. The molecule has 0 aromatic heterocycles. The van der Waals surface area contributed by atoms with Crippen LogP contribution in [0.2, 0.25) is 0 Å². The largest absolute Gasteiger partial charge is 0.493 e. The summed E-state index contributed by atoms with van der Waals surface area (Å²) < 4.78 is 11.5. The van der Waals surface area contributed by atoms with Gasteiger partial charge in [0.25, 0.3) is 5.91 Å². The summed E-state index contributed by atoms with van der Waals surface area (Å²) in [5.74, 6) is 1.99. The predicted octanol–water partition coefficient (Wildman–Crippen LogP) is 4.15. The van der Waals surface area contributed by atoms with Crippen LogP contribution in [-0.2, 0) is 0 Å². The van der Waals surface area contributed by atoms with Crippen LogP contribution in [0.15, 0.2) is 48.5 Å². The molecule has 1 aliphatic rings. The number of benzene rings is 2. The van der Waals surface area contributed by atoms with Gasteiger partial charge >= 0.3 is 0 Å². The molecule has 1 aliphatic heterocycles. The van der Waals surface area contributed by atoms with Crippen molar-refractivity contribution >= 4 is 11.6 Å². The van der Waals surface area contributed by atoms with E-state index in [0.29, 0.717) is 24.6 Å². The van der Waals surface area contributed by atoms with E-state index in [1.54, 1.807) is 4.90 Å². The number of ether oxygens (including phenoxy) is 2. The molecule has 24 heavy (non-hydrogen) atoms. The van der Waals surface area contributed by atoms with E-state index < -0.39 is 0 Å². The van der Waals surface area contributed by atoms with Crippen molar-refractivity contribution in [2.24, 2.45) is 5.92 Å².